The SMILES string of the molecule is COc1ccc(OC)c(OC)c1CC1CCCN1. The zero-order chi connectivity index (χ0) is 13.0. The Morgan fingerprint density at radius 2 is 1.83 bits per heavy atom. The van der Waals surface area contributed by atoms with E-state index in [2.05, 4.69) is 5.32 Å². The highest BCUT2D eigenvalue weighted by Gasteiger charge is 2.21. The summed E-state index contributed by atoms with van der Waals surface area (Å²) in [5.41, 5.74) is 1.08. The molecule has 18 heavy (non-hydrogen) atoms. The van der Waals surface area contributed by atoms with Crippen molar-refractivity contribution < 1.29 is 14.2 Å². The number of benzene rings is 1. The second-order valence-electron chi connectivity index (χ2n) is 4.48. The maximum atomic E-state index is 5.49. The van der Waals surface area contributed by atoms with Crippen LogP contribution >= 0.6 is 0 Å². The zero-order valence-corrected chi connectivity index (χ0v) is 11.3. The van der Waals surface area contributed by atoms with Crippen LogP contribution in [0.2, 0.25) is 0 Å². The Morgan fingerprint density at radius 3 is 2.39 bits per heavy atom. The van der Waals surface area contributed by atoms with E-state index < -0.39 is 0 Å². The number of hydrogen-bond acceptors (Lipinski definition) is 4. The minimum Gasteiger partial charge on any atom is -0.496 e. The van der Waals surface area contributed by atoms with Gasteiger partial charge in [0.1, 0.15) is 5.75 Å². The Hall–Kier alpha value is -1.42. The lowest BCUT2D eigenvalue weighted by molar-refractivity contribution is 0.341. The molecule has 1 aromatic rings. The van der Waals surface area contributed by atoms with Crippen molar-refractivity contribution in [3.05, 3.63) is 17.7 Å². The van der Waals surface area contributed by atoms with Gasteiger partial charge in [-0.2, -0.15) is 0 Å². The van der Waals surface area contributed by atoms with Gasteiger partial charge in [-0.25, -0.2) is 0 Å². The molecule has 1 aliphatic heterocycles. The quantitative estimate of drug-likeness (QED) is 0.869. The molecule has 4 nitrogen and oxygen atoms in total. The molecule has 0 radical (unpaired) electrons. The van der Waals surface area contributed by atoms with Gasteiger partial charge in [-0.3, -0.25) is 0 Å². The number of ether oxygens (including phenoxy) is 3. The van der Waals surface area contributed by atoms with Gasteiger partial charge < -0.3 is 19.5 Å². The second-order valence-corrected chi connectivity index (χ2v) is 4.48. The van der Waals surface area contributed by atoms with Gasteiger partial charge in [0.25, 0.3) is 0 Å². The van der Waals surface area contributed by atoms with Gasteiger partial charge in [0, 0.05) is 11.6 Å². The molecule has 4 heteroatoms. The minimum atomic E-state index is 0.500. The average molecular weight is 251 g/mol. The molecule has 0 aromatic heterocycles. The molecule has 1 aromatic carbocycles. The molecule has 100 valence electrons. The Kier molecular flexibility index (Phi) is 4.31. The zero-order valence-electron chi connectivity index (χ0n) is 11.3. The summed E-state index contributed by atoms with van der Waals surface area (Å²) in [4.78, 5) is 0. The van der Waals surface area contributed by atoms with Crippen molar-refractivity contribution in [3.8, 4) is 17.2 Å². The van der Waals surface area contributed by atoms with Gasteiger partial charge in [-0.1, -0.05) is 0 Å². The van der Waals surface area contributed by atoms with Crippen LogP contribution in [-0.2, 0) is 6.42 Å². The lowest BCUT2D eigenvalue weighted by Crippen LogP contribution is -2.24. The van der Waals surface area contributed by atoms with Crippen LogP contribution in [-0.4, -0.2) is 33.9 Å². The highest BCUT2D eigenvalue weighted by atomic mass is 16.5. The lowest BCUT2D eigenvalue weighted by Gasteiger charge is -2.18. The van der Waals surface area contributed by atoms with E-state index in [1.165, 1.54) is 12.8 Å². The van der Waals surface area contributed by atoms with Crippen LogP contribution in [0.3, 0.4) is 0 Å². The molecule has 1 atom stereocenters. The summed E-state index contributed by atoms with van der Waals surface area (Å²) in [6, 6.07) is 4.31. The molecule has 1 heterocycles. The first-order valence-electron chi connectivity index (χ1n) is 6.31. The van der Waals surface area contributed by atoms with Gasteiger partial charge in [-0.15, -0.1) is 0 Å². The summed E-state index contributed by atoms with van der Waals surface area (Å²) in [5, 5.41) is 3.49. The fourth-order valence-corrected chi connectivity index (χ4v) is 2.53. The van der Waals surface area contributed by atoms with Crippen LogP contribution in [0.15, 0.2) is 12.1 Å². The van der Waals surface area contributed by atoms with E-state index in [1.807, 2.05) is 12.1 Å². The first-order chi connectivity index (χ1) is 8.80. The normalized spacial score (nSPS) is 18.7. The molecule has 1 N–H and O–H groups in total. The fourth-order valence-electron chi connectivity index (χ4n) is 2.53. The Balaban J connectivity index is 2.33. The summed E-state index contributed by atoms with van der Waals surface area (Å²) in [6.07, 6.45) is 3.34. The van der Waals surface area contributed by atoms with Crippen molar-refractivity contribution in [1.29, 1.82) is 0 Å². The molecule has 1 aliphatic rings. The predicted octanol–water partition coefficient (Wildman–Crippen LogP) is 2.01. The van der Waals surface area contributed by atoms with E-state index in [0.717, 1.165) is 35.8 Å². The molecule has 1 fully saturated rings. The number of hydrogen-bond donors (Lipinski definition) is 1. The molecule has 0 amide bonds. The molecule has 0 aliphatic carbocycles. The Bertz CT molecular complexity index is 400. The third-order valence-electron chi connectivity index (χ3n) is 3.44. The highest BCUT2D eigenvalue weighted by Crippen LogP contribution is 2.38. The molecule has 1 saturated heterocycles. The van der Waals surface area contributed by atoms with Crippen molar-refractivity contribution in [2.75, 3.05) is 27.9 Å². The summed E-state index contributed by atoms with van der Waals surface area (Å²) in [7, 11) is 5.01. The molecule has 0 spiro atoms. The van der Waals surface area contributed by atoms with E-state index in [1.54, 1.807) is 21.3 Å². The summed E-state index contributed by atoms with van der Waals surface area (Å²) in [6.45, 7) is 1.10. The molecule has 0 bridgehead atoms. The van der Waals surface area contributed by atoms with Gasteiger partial charge in [0.05, 0.1) is 21.3 Å². The first-order valence-corrected chi connectivity index (χ1v) is 6.31. The van der Waals surface area contributed by atoms with Crippen LogP contribution in [0, 0.1) is 0 Å². The van der Waals surface area contributed by atoms with Crippen LogP contribution < -0.4 is 19.5 Å². The van der Waals surface area contributed by atoms with E-state index in [9.17, 15) is 0 Å². The Labute approximate surface area is 108 Å². The van der Waals surface area contributed by atoms with E-state index in [0.29, 0.717) is 6.04 Å². The predicted molar refractivity (Wildman–Crippen MR) is 70.8 cm³/mol. The number of nitrogens with one attached hydrogen (secondary N) is 1. The molecule has 2 rings (SSSR count). The average Bonchev–Trinajstić information content (AvgIpc) is 2.91. The van der Waals surface area contributed by atoms with Gasteiger partial charge in [0.2, 0.25) is 0 Å². The van der Waals surface area contributed by atoms with Crippen LogP contribution in [0.25, 0.3) is 0 Å². The monoisotopic (exact) mass is 251 g/mol. The molecular formula is C14H21NO3. The second kappa shape index (κ2) is 5.96. The highest BCUT2D eigenvalue weighted by molar-refractivity contribution is 5.54. The number of methoxy groups -OCH3 is 3. The Morgan fingerprint density at radius 1 is 1.11 bits per heavy atom. The largest absolute Gasteiger partial charge is 0.496 e. The van der Waals surface area contributed by atoms with Gasteiger partial charge >= 0.3 is 0 Å². The smallest absolute Gasteiger partial charge is 0.167 e. The van der Waals surface area contributed by atoms with E-state index in [4.69, 9.17) is 14.2 Å². The third-order valence-corrected chi connectivity index (χ3v) is 3.44. The fraction of sp³-hybridized carbons (Fsp3) is 0.571. The number of rotatable bonds is 5. The minimum absolute atomic E-state index is 0.500. The van der Waals surface area contributed by atoms with Crippen LogP contribution in [0.5, 0.6) is 17.2 Å². The van der Waals surface area contributed by atoms with Crippen molar-refractivity contribution in [2.24, 2.45) is 0 Å². The topological polar surface area (TPSA) is 39.7 Å². The van der Waals surface area contributed by atoms with Crippen molar-refractivity contribution in [2.45, 2.75) is 25.3 Å². The van der Waals surface area contributed by atoms with E-state index in [-0.39, 0.29) is 0 Å². The van der Waals surface area contributed by atoms with Crippen molar-refractivity contribution >= 4 is 0 Å². The van der Waals surface area contributed by atoms with E-state index >= 15 is 0 Å². The summed E-state index contributed by atoms with van der Waals surface area (Å²) < 4.78 is 16.3. The summed E-state index contributed by atoms with van der Waals surface area (Å²) >= 11 is 0. The lowest BCUT2D eigenvalue weighted by atomic mass is 10.0. The maximum absolute atomic E-state index is 5.49. The van der Waals surface area contributed by atoms with Crippen LogP contribution in [0.1, 0.15) is 18.4 Å². The van der Waals surface area contributed by atoms with Gasteiger partial charge in [0.15, 0.2) is 11.5 Å². The van der Waals surface area contributed by atoms with Crippen molar-refractivity contribution in [1.82, 2.24) is 5.32 Å². The van der Waals surface area contributed by atoms with Crippen molar-refractivity contribution in [3.63, 3.8) is 0 Å². The van der Waals surface area contributed by atoms with Crippen LogP contribution in [0.4, 0.5) is 0 Å². The summed E-state index contributed by atoms with van der Waals surface area (Å²) in [5.74, 6) is 2.40. The van der Waals surface area contributed by atoms with Gasteiger partial charge in [-0.05, 0) is 37.9 Å². The standard InChI is InChI=1S/C14H21NO3/c1-16-12-6-7-13(17-2)14(18-3)11(12)9-10-5-4-8-15-10/h6-7,10,15H,4-5,8-9H2,1-3H3. The maximum Gasteiger partial charge on any atom is 0.167 e. The molecular weight excluding hydrogens is 230 g/mol. The first kappa shape index (κ1) is 13.0. The molecule has 1 unspecified atom stereocenters. The molecule has 0 saturated carbocycles. The third kappa shape index (κ3) is 2.53.